The number of ether oxygens (including phenoxy) is 1. The Balaban J connectivity index is 2.98. The van der Waals surface area contributed by atoms with E-state index in [0.29, 0.717) is 12.0 Å². The number of nitro groups is 1. The van der Waals surface area contributed by atoms with Crippen LogP contribution in [-0.4, -0.2) is 17.5 Å². The Labute approximate surface area is 123 Å². The van der Waals surface area contributed by atoms with E-state index in [9.17, 15) is 19.3 Å². The minimum Gasteiger partial charge on any atom is -0.466 e. The lowest BCUT2D eigenvalue weighted by Gasteiger charge is -2.16. The van der Waals surface area contributed by atoms with Gasteiger partial charge in [-0.15, -0.1) is 0 Å². The molecule has 1 rings (SSSR count). The van der Waals surface area contributed by atoms with Crippen molar-refractivity contribution in [3.8, 4) is 0 Å². The lowest BCUT2D eigenvalue weighted by Crippen LogP contribution is -2.16. The largest absolute Gasteiger partial charge is 0.466 e. The zero-order valence-electron chi connectivity index (χ0n) is 12.3. The average Bonchev–Trinajstić information content (AvgIpc) is 2.43. The summed E-state index contributed by atoms with van der Waals surface area (Å²) in [4.78, 5) is 21.8. The molecule has 0 radical (unpaired) electrons. The smallest absolute Gasteiger partial charge is 0.313 e. The Morgan fingerprint density at radius 3 is 2.62 bits per heavy atom. The topological polar surface area (TPSA) is 69.4 Å². The molecule has 0 aliphatic rings. The van der Waals surface area contributed by atoms with Crippen molar-refractivity contribution < 1.29 is 18.8 Å². The second kappa shape index (κ2) is 8.34. The predicted octanol–water partition coefficient (Wildman–Crippen LogP) is 3.96. The third-order valence-corrected chi connectivity index (χ3v) is 3.24. The van der Waals surface area contributed by atoms with Crippen molar-refractivity contribution >= 4 is 11.7 Å². The number of nitro benzene ring substituents is 1. The van der Waals surface area contributed by atoms with Crippen LogP contribution in [0.1, 0.15) is 51.0 Å². The van der Waals surface area contributed by atoms with Crippen LogP contribution in [0, 0.1) is 15.9 Å². The fraction of sp³-hybridized carbons (Fsp3) is 0.533. The maximum absolute atomic E-state index is 13.7. The van der Waals surface area contributed by atoms with Gasteiger partial charge in [0.1, 0.15) is 0 Å². The first-order chi connectivity index (χ1) is 10.0. The molecule has 6 heteroatoms. The van der Waals surface area contributed by atoms with E-state index in [4.69, 9.17) is 4.74 Å². The van der Waals surface area contributed by atoms with Crippen LogP contribution in [0.25, 0.3) is 0 Å². The molecular formula is C15H20FNO4. The maximum Gasteiger partial charge on any atom is 0.313 e. The molecule has 1 aromatic carbocycles. The number of carbonyl (C=O) groups is 1. The highest BCUT2D eigenvalue weighted by atomic mass is 19.1. The van der Waals surface area contributed by atoms with Crippen LogP contribution in [0.3, 0.4) is 0 Å². The van der Waals surface area contributed by atoms with Crippen molar-refractivity contribution in [2.75, 3.05) is 6.61 Å². The van der Waals surface area contributed by atoms with Gasteiger partial charge in [0, 0.05) is 6.07 Å². The fourth-order valence-corrected chi connectivity index (χ4v) is 2.15. The third-order valence-electron chi connectivity index (χ3n) is 3.24. The van der Waals surface area contributed by atoms with E-state index >= 15 is 0 Å². The van der Waals surface area contributed by atoms with Crippen LogP contribution in [0.4, 0.5) is 10.1 Å². The normalized spacial score (nSPS) is 12.0. The Morgan fingerprint density at radius 1 is 1.38 bits per heavy atom. The second-order valence-electron chi connectivity index (χ2n) is 4.77. The number of hydrogen-bond donors (Lipinski definition) is 0. The number of unbranched alkanes of at least 4 members (excludes halogenated alkanes) is 2. The molecule has 0 bridgehead atoms. The van der Waals surface area contributed by atoms with E-state index in [-0.39, 0.29) is 6.61 Å². The van der Waals surface area contributed by atoms with Crippen molar-refractivity contribution in [3.05, 3.63) is 39.7 Å². The number of rotatable bonds is 8. The third kappa shape index (κ3) is 4.81. The van der Waals surface area contributed by atoms with Crippen molar-refractivity contribution in [3.63, 3.8) is 0 Å². The van der Waals surface area contributed by atoms with Crippen molar-refractivity contribution in [2.24, 2.45) is 0 Å². The highest BCUT2D eigenvalue weighted by Crippen LogP contribution is 2.28. The van der Waals surface area contributed by atoms with E-state index in [1.165, 1.54) is 6.07 Å². The van der Waals surface area contributed by atoms with Gasteiger partial charge in [-0.3, -0.25) is 14.9 Å². The second-order valence-corrected chi connectivity index (χ2v) is 4.77. The molecule has 0 saturated carbocycles. The van der Waals surface area contributed by atoms with Crippen LogP contribution in [0.2, 0.25) is 0 Å². The molecule has 0 N–H and O–H groups in total. The highest BCUT2D eigenvalue weighted by Gasteiger charge is 2.24. The summed E-state index contributed by atoms with van der Waals surface area (Å²) in [6.07, 6.45) is 3.33. The van der Waals surface area contributed by atoms with Crippen LogP contribution in [0.5, 0.6) is 0 Å². The molecule has 0 saturated heterocycles. The first-order valence-corrected chi connectivity index (χ1v) is 7.11. The Hall–Kier alpha value is -1.98. The zero-order chi connectivity index (χ0) is 15.8. The molecule has 5 nitrogen and oxygen atoms in total. The summed E-state index contributed by atoms with van der Waals surface area (Å²) in [6.45, 7) is 4.00. The minimum absolute atomic E-state index is 0.249. The van der Waals surface area contributed by atoms with E-state index in [1.54, 1.807) is 6.92 Å². The zero-order valence-corrected chi connectivity index (χ0v) is 12.3. The quantitative estimate of drug-likeness (QED) is 0.315. The van der Waals surface area contributed by atoms with Gasteiger partial charge in [0.15, 0.2) is 0 Å². The molecule has 21 heavy (non-hydrogen) atoms. The van der Waals surface area contributed by atoms with Gasteiger partial charge in [0.2, 0.25) is 5.82 Å². The fourth-order valence-electron chi connectivity index (χ4n) is 2.15. The van der Waals surface area contributed by atoms with Gasteiger partial charge in [-0.1, -0.05) is 32.3 Å². The molecule has 0 spiro atoms. The van der Waals surface area contributed by atoms with Gasteiger partial charge >= 0.3 is 11.7 Å². The summed E-state index contributed by atoms with van der Waals surface area (Å²) in [5.74, 6) is -1.92. The molecule has 1 unspecified atom stereocenters. The van der Waals surface area contributed by atoms with Crippen LogP contribution in [-0.2, 0) is 9.53 Å². The molecular weight excluding hydrogens is 277 g/mol. The van der Waals surface area contributed by atoms with E-state index < -0.39 is 28.3 Å². The lowest BCUT2D eigenvalue weighted by molar-refractivity contribution is -0.387. The predicted molar refractivity (Wildman–Crippen MR) is 76.6 cm³/mol. The van der Waals surface area contributed by atoms with Gasteiger partial charge < -0.3 is 4.74 Å². The lowest BCUT2D eigenvalue weighted by atomic mass is 9.93. The summed E-state index contributed by atoms with van der Waals surface area (Å²) in [5.41, 5.74) is -0.164. The van der Waals surface area contributed by atoms with Crippen LogP contribution >= 0.6 is 0 Å². The molecule has 0 heterocycles. The number of hydrogen-bond acceptors (Lipinski definition) is 4. The summed E-state index contributed by atoms with van der Waals surface area (Å²) in [6, 6.07) is 3.58. The average molecular weight is 297 g/mol. The monoisotopic (exact) mass is 297 g/mol. The molecule has 0 amide bonds. The Morgan fingerprint density at radius 2 is 2.10 bits per heavy atom. The summed E-state index contributed by atoms with van der Waals surface area (Å²) in [7, 11) is 0. The molecule has 0 aliphatic carbocycles. The van der Waals surface area contributed by atoms with Gasteiger partial charge in [0.05, 0.1) is 17.4 Å². The number of esters is 1. The van der Waals surface area contributed by atoms with Gasteiger partial charge in [-0.2, -0.15) is 4.39 Å². The molecule has 0 aromatic heterocycles. The first kappa shape index (κ1) is 17.1. The maximum atomic E-state index is 13.7. The van der Waals surface area contributed by atoms with Crippen LogP contribution in [0.15, 0.2) is 18.2 Å². The highest BCUT2D eigenvalue weighted by molar-refractivity contribution is 5.78. The van der Waals surface area contributed by atoms with Gasteiger partial charge in [0.25, 0.3) is 0 Å². The minimum atomic E-state index is -0.928. The Bertz CT molecular complexity index is 504. The summed E-state index contributed by atoms with van der Waals surface area (Å²) < 4.78 is 18.7. The summed E-state index contributed by atoms with van der Waals surface area (Å²) in [5, 5.41) is 10.6. The SMILES string of the molecule is CCCCCC(C(=O)OCC)c1ccc([N+](=O)[O-])c(F)c1. The summed E-state index contributed by atoms with van der Waals surface area (Å²) >= 11 is 0. The Kier molecular flexibility index (Phi) is 6.78. The van der Waals surface area contributed by atoms with Gasteiger partial charge in [-0.05, 0) is 25.0 Å². The van der Waals surface area contributed by atoms with E-state index in [0.717, 1.165) is 31.4 Å². The van der Waals surface area contributed by atoms with Crippen LogP contribution < -0.4 is 0 Å². The van der Waals surface area contributed by atoms with Crippen molar-refractivity contribution in [1.82, 2.24) is 0 Å². The van der Waals surface area contributed by atoms with Gasteiger partial charge in [-0.25, -0.2) is 0 Å². The number of halogens is 1. The molecule has 116 valence electrons. The van der Waals surface area contributed by atoms with E-state index in [1.807, 2.05) is 6.92 Å². The molecule has 1 aromatic rings. The van der Waals surface area contributed by atoms with E-state index in [2.05, 4.69) is 0 Å². The number of benzene rings is 1. The standard InChI is InChI=1S/C15H20FNO4/c1-3-5-6-7-12(15(18)21-4-2)11-8-9-14(17(19)20)13(16)10-11/h8-10,12H,3-7H2,1-2H3. The van der Waals surface area contributed by atoms with Crippen molar-refractivity contribution in [2.45, 2.75) is 45.4 Å². The number of nitrogens with zero attached hydrogens (tertiary/aromatic N) is 1. The number of carbonyl (C=O) groups excluding carboxylic acids is 1. The first-order valence-electron chi connectivity index (χ1n) is 7.11. The molecule has 1 atom stereocenters. The molecule has 0 fully saturated rings. The van der Waals surface area contributed by atoms with Crippen molar-refractivity contribution in [1.29, 1.82) is 0 Å². The molecule has 0 aliphatic heterocycles.